The molecule has 1 aromatic heterocycles. The zero-order valence-electron chi connectivity index (χ0n) is 15.5. The van der Waals surface area contributed by atoms with Crippen molar-refractivity contribution in [2.75, 3.05) is 13.2 Å². The van der Waals surface area contributed by atoms with Crippen LogP contribution in [0, 0.1) is 0 Å². The number of thiophene rings is 1. The van der Waals surface area contributed by atoms with Crippen molar-refractivity contribution in [1.82, 2.24) is 0 Å². The number of esters is 1. The number of benzene rings is 2. The number of ether oxygens (including phenoxy) is 1. The molecule has 0 spiro atoms. The van der Waals surface area contributed by atoms with Crippen LogP contribution in [0.5, 0.6) is 0 Å². The first-order valence-electron chi connectivity index (χ1n) is 8.96. The van der Waals surface area contributed by atoms with Crippen LogP contribution in [0.4, 0.5) is 0 Å². The van der Waals surface area contributed by atoms with Gasteiger partial charge in [0.2, 0.25) is 0 Å². The van der Waals surface area contributed by atoms with Gasteiger partial charge in [-0.05, 0) is 48.6 Å². The lowest BCUT2D eigenvalue weighted by Crippen LogP contribution is -2.02. The van der Waals surface area contributed by atoms with Gasteiger partial charge in [-0.1, -0.05) is 36.4 Å². The Morgan fingerprint density at radius 2 is 1.70 bits per heavy atom. The van der Waals surface area contributed by atoms with E-state index in [-0.39, 0.29) is 12.6 Å². The Labute approximate surface area is 165 Å². The van der Waals surface area contributed by atoms with Gasteiger partial charge >= 0.3 is 5.97 Å². The second-order valence-corrected chi connectivity index (χ2v) is 8.45. The molecule has 6 heteroatoms. The Hall–Kier alpha value is -1.78. The fourth-order valence-corrected chi connectivity index (χ4v) is 4.92. The lowest BCUT2D eigenvalue weighted by atomic mass is 10.2. The number of hydrogen-bond donors (Lipinski definition) is 0. The monoisotopic (exact) mass is 402 g/mol. The summed E-state index contributed by atoms with van der Waals surface area (Å²) in [5.74, 6) is -0.285. The fourth-order valence-electron chi connectivity index (χ4n) is 2.65. The number of hydrogen-bond acceptors (Lipinski definition) is 5. The topological polar surface area (TPSA) is 44.8 Å². The molecule has 3 rings (SSSR count). The molecule has 0 amide bonds. The standard InChI is InChI=1S/C21H23O4PS/c1-3-24-26(25-4-2)15-17-10-11-19-18(12-17)13-20(27-19)21(22)23-14-16-8-6-5-7-9-16/h5-13H,3-4,14-15H2,1-2H3. The highest BCUT2D eigenvalue weighted by atomic mass is 32.1. The van der Waals surface area contributed by atoms with Crippen molar-refractivity contribution >= 4 is 35.8 Å². The van der Waals surface area contributed by atoms with Gasteiger partial charge in [0.05, 0.1) is 13.2 Å². The van der Waals surface area contributed by atoms with E-state index in [1.165, 1.54) is 11.3 Å². The molecule has 0 atom stereocenters. The first-order chi connectivity index (χ1) is 13.2. The molecule has 0 aliphatic carbocycles. The van der Waals surface area contributed by atoms with Gasteiger partial charge in [0.1, 0.15) is 11.5 Å². The van der Waals surface area contributed by atoms with E-state index in [1.54, 1.807) is 0 Å². The highest BCUT2D eigenvalue weighted by Crippen LogP contribution is 2.42. The van der Waals surface area contributed by atoms with E-state index in [9.17, 15) is 4.79 Å². The molecular formula is C21H23O4PS. The Bertz CT molecular complexity index is 872. The first-order valence-corrected chi connectivity index (χ1v) is 11.1. The lowest BCUT2D eigenvalue weighted by Gasteiger charge is -2.15. The van der Waals surface area contributed by atoms with Crippen LogP contribution in [-0.2, 0) is 26.6 Å². The van der Waals surface area contributed by atoms with E-state index in [4.69, 9.17) is 13.8 Å². The third-order valence-corrected chi connectivity index (χ3v) is 6.66. The molecule has 142 valence electrons. The molecule has 2 aromatic carbocycles. The predicted octanol–water partition coefficient (Wildman–Crippen LogP) is 6.14. The Morgan fingerprint density at radius 1 is 0.963 bits per heavy atom. The molecule has 0 fully saturated rings. The maximum Gasteiger partial charge on any atom is 0.348 e. The van der Waals surface area contributed by atoms with Crippen molar-refractivity contribution in [3.8, 4) is 0 Å². The van der Waals surface area contributed by atoms with Crippen LogP contribution >= 0.6 is 19.7 Å². The van der Waals surface area contributed by atoms with Crippen molar-refractivity contribution in [3.05, 3.63) is 70.6 Å². The summed E-state index contributed by atoms with van der Waals surface area (Å²) in [6.07, 6.45) is 0.747. The van der Waals surface area contributed by atoms with Crippen LogP contribution in [-0.4, -0.2) is 19.2 Å². The number of carbonyl (C=O) groups excluding carboxylic acids is 1. The van der Waals surface area contributed by atoms with Gasteiger partial charge in [-0.15, -0.1) is 11.3 Å². The van der Waals surface area contributed by atoms with Crippen molar-refractivity contribution in [2.24, 2.45) is 0 Å². The van der Waals surface area contributed by atoms with Crippen LogP contribution in [0.3, 0.4) is 0 Å². The summed E-state index contributed by atoms with van der Waals surface area (Å²) in [7, 11) is -0.918. The summed E-state index contributed by atoms with van der Waals surface area (Å²) in [6.45, 7) is 5.52. The summed E-state index contributed by atoms with van der Waals surface area (Å²) >= 11 is 1.46. The molecule has 3 aromatic rings. The average Bonchev–Trinajstić information content (AvgIpc) is 3.11. The van der Waals surface area contributed by atoms with Gasteiger partial charge in [0.25, 0.3) is 0 Å². The molecule has 0 aliphatic heterocycles. The smallest absolute Gasteiger partial charge is 0.348 e. The minimum atomic E-state index is -0.918. The number of rotatable bonds is 9. The van der Waals surface area contributed by atoms with E-state index < -0.39 is 8.38 Å². The van der Waals surface area contributed by atoms with Gasteiger partial charge in [-0.25, -0.2) is 4.79 Å². The maximum absolute atomic E-state index is 12.4. The molecule has 0 N–H and O–H groups in total. The van der Waals surface area contributed by atoms with Gasteiger partial charge in [0.15, 0.2) is 8.38 Å². The molecule has 0 saturated carbocycles. The van der Waals surface area contributed by atoms with Gasteiger partial charge in [0, 0.05) is 10.9 Å². The Kier molecular flexibility index (Phi) is 7.36. The summed E-state index contributed by atoms with van der Waals surface area (Å²) < 4.78 is 17.9. The number of fused-ring (bicyclic) bond motifs is 1. The molecule has 0 bridgehead atoms. The summed E-state index contributed by atoms with van der Waals surface area (Å²) in [6, 6.07) is 17.8. The lowest BCUT2D eigenvalue weighted by molar-refractivity contribution is 0.0478. The van der Waals surface area contributed by atoms with Crippen LogP contribution in [0.25, 0.3) is 10.1 Å². The fraction of sp³-hybridized carbons (Fsp3) is 0.286. The van der Waals surface area contributed by atoms with Gasteiger partial charge < -0.3 is 13.8 Å². The van der Waals surface area contributed by atoms with Crippen LogP contribution in [0.15, 0.2) is 54.6 Å². The Morgan fingerprint density at radius 3 is 2.41 bits per heavy atom. The van der Waals surface area contributed by atoms with Crippen LogP contribution in [0.1, 0.15) is 34.6 Å². The van der Waals surface area contributed by atoms with Crippen LogP contribution < -0.4 is 0 Å². The maximum atomic E-state index is 12.4. The zero-order valence-corrected chi connectivity index (χ0v) is 17.2. The summed E-state index contributed by atoms with van der Waals surface area (Å²) in [4.78, 5) is 13.0. The van der Waals surface area contributed by atoms with E-state index in [1.807, 2.05) is 50.2 Å². The van der Waals surface area contributed by atoms with Crippen LogP contribution in [0.2, 0.25) is 0 Å². The predicted molar refractivity (Wildman–Crippen MR) is 111 cm³/mol. The molecule has 27 heavy (non-hydrogen) atoms. The molecule has 1 heterocycles. The molecule has 0 radical (unpaired) electrons. The Balaban J connectivity index is 1.68. The minimum absolute atomic E-state index is 0.284. The average molecular weight is 402 g/mol. The van der Waals surface area contributed by atoms with E-state index in [0.717, 1.165) is 27.4 Å². The van der Waals surface area contributed by atoms with Gasteiger partial charge in [-0.3, -0.25) is 0 Å². The first kappa shape index (κ1) is 20.0. The molecule has 4 nitrogen and oxygen atoms in total. The SMILES string of the molecule is CCOP(Cc1ccc2sc(C(=O)OCc3ccccc3)cc2c1)OCC. The third kappa shape index (κ3) is 5.60. The quantitative estimate of drug-likeness (QED) is 0.318. The summed E-state index contributed by atoms with van der Waals surface area (Å²) in [5, 5.41) is 1.05. The minimum Gasteiger partial charge on any atom is -0.457 e. The molecular weight excluding hydrogens is 379 g/mol. The summed E-state index contributed by atoms with van der Waals surface area (Å²) in [5.41, 5.74) is 2.13. The second-order valence-electron chi connectivity index (χ2n) is 5.87. The van der Waals surface area contributed by atoms with Crippen molar-refractivity contribution in [1.29, 1.82) is 0 Å². The van der Waals surface area contributed by atoms with E-state index in [2.05, 4.69) is 18.2 Å². The number of carbonyl (C=O) groups is 1. The van der Waals surface area contributed by atoms with E-state index in [0.29, 0.717) is 18.1 Å². The normalized spacial score (nSPS) is 11.2. The van der Waals surface area contributed by atoms with E-state index >= 15 is 0 Å². The van der Waals surface area contributed by atoms with Crippen molar-refractivity contribution in [2.45, 2.75) is 26.6 Å². The molecule has 0 unspecified atom stereocenters. The molecule has 0 saturated heterocycles. The highest BCUT2D eigenvalue weighted by molar-refractivity contribution is 7.46. The molecule has 0 aliphatic rings. The zero-order chi connectivity index (χ0) is 19.1. The van der Waals surface area contributed by atoms with Crippen molar-refractivity contribution < 1.29 is 18.6 Å². The largest absolute Gasteiger partial charge is 0.457 e. The van der Waals surface area contributed by atoms with Crippen molar-refractivity contribution in [3.63, 3.8) is 0 Å². The second kappa shape index (κ2) is 9.95. The van der Waals surface area contributed by atoms with Gasteiger partial charge in [-0.2, -0.15) is 0 Å². The highest BCUT2D eigenvalue weighted by Gasteiger charge is 2.14. The third-order valence-electron chi connectivity index (χ3n) is 3.85.